The highest BCUT2D eigenvalue weighted by atomic mass is 16.1. The fourth-order valence-corrected chi connectivity index (χ4v) is 8.29. The van der Waals surface area contributed by atoms with Gasteiger partial charge in [0, 0.05) is 5.92 Å². The topological polar surface area (TPSA) is 17.1 Å². The van der Waals surface area contributed by atoms with Gasteiger partial charge in [-0.2, -0.15) is 0 Å². The van der Waals surface area contributed by atoms with E-state index in [0.29, 0.717) is 22.7 Å². The summed E-state index contributed by atoms with van der Waals surface area (Å²) in [6.07, 6.45) is 18.4. The lowest BCUT2D eigenvalue weighted by molar-refractivity contribution is -0.114. The van der Waals surface area contributed by atoms with Gasteiger partial charge in [0.05, 0.1) is 0 Å². The van der Waals surface area contributed by atoms with Crippen LogP contribution in [0.4, 0.5) is 0 Å². The fraction of sp³-hybridized carbons (Fsp3) is 0.821. The Morgan fingerprint density at radius 2 is 1.86 bits per heavy atom. The number of rotatable bonds is 6. The quantitative estimate of drug-likeness (QED) is 0.331. The van der Waals surface area contributed by atoms with Gasteiger partial charge in [-0.15, -0.1) is 0 Å². The standard InChI is InChI=1S/C28H44O/c1-19(2)20(3)9-10-21(18-29)24-13-14-25-23-12-11-22-8-6-7-16-27(22,4)26(23)15-17-28(24,25)5/h12,18-19,21-22,24-26H,3,6-11,13-17H2,1-2,4-5H3. The summed E-state index contributed by atoms with van der Waals surface area (Å²) in [6, 6.07) is 0. The third kappa shape index (κ3) is 3.49. The van der Waals surface area contributed by atoms with E-state index in [4.69, 9.17) is 0 Å². The normalized spacial score (nSPS) is 42.4. The molecule has 3 saturated carbocycles. The van der Waals surface area contributed by atoms with Gasteiger partial charge < -0.3 is 4.79 Å². The minimum atomic E-state index is 0.222. The van der Waals surface area contributed by atoms with Crippen molar-refractivity contribution in [3.8, 4) is 0 Å². The highest BCUT2D eigenvalue weighted by molar-refractivity contribution is 5.55. The van der Waals surface area contributed by atoms with E-state index in [1.807, 2.05) is 5.57 Å². The van der Waals surface area contributed by atoms with E-state index < -0.39 is 0 Å². The van der Waals surface area contributed by atoms with Gasteiger partial charge in [0.15, 0.2) is 0 Å². The van der Waals surface area contributed by atoms with E-state index in [9.17, 15) is 4.79 Å². The molecule has 0 spiro atoms. The number of aldehydes is 1. The molecule has 4 aliphatic rings. The lowest BCUT2D eigenvalue weighted by atomic mass is 9.48. The second-order valence-electron chi connectivity index (χ2n) is 11.9. The molecule has 7 atom stereocenters. The predicted molar refractivity (Wildman–Crippen MR) is 123 cm³/mol. The molecule has 0 bridgehead atoms. The van der Waals surface area contributed by atoms with Gasteiger partial charge >= 0.3 is 0 Å². The Morgan fingerprint density at radius 1 is 1.10 bits per heavy atom. The zero-order valence-corrected chi connectivity index (χ0v) is 19.5. The van der Waals surface area contributed by atoms with E-state index in [2.05, 4.69) is 40.3 Å². The molecule has 1 heteroatoms. The molecule has 0 aliphatic heterocycles. The predicted octanol–water partition coefficient (Wildman–Crippen LogP) is 7.76. The smallest absolute Gasteiger partial charge is 0.123 e. The third-order valence-electron chi connectivity index (χ3n) is 10.4. The van der Waals surface area contributed by atoms with Crippen molar-refractivity contribution in [1.29, 1.82) is 0 Å². The number of allylic oxidation sites excluding steroid dienone is 3. The van der Waals surface area contributed by atoms with Crippen LogP contribution in [-0.4, -0.2) is 6.29 Å². The first-order chi connectivity index (χ1) is 13.8. The third-order valence-corrected chi connectivity index (χ3v) is 10.4. The van der Waals surface area contributed by atoms with E-state index in [-0.39, 0.29) is 5.92 Å². The van der Waals surface area contributed by atoms with E-state index >= 15 is 0 Å². The highest BCUT2D eigenvalue weighted by Gasteiger charge is 2.58. The van der Waals surface area contributed by atoms with Crippen LogP contribution in [-0.2, 0) is 4.79 Å². The Hall–Kier alpha value is -0.850. The first-order valence-corrected chi connectivity index (χ1v) is 12.6. The molecule has 0 saturated heterocycles. The van der Waals surface area contributed by atoms with Crippen molar-refractivity contribution in [2.45, 2.75) is 98.3 Å². The molecule has 0 radical (unpaired) electrons. The zero-order chi connectivity index (χ0) is 20.8. The Morgan fingerprint density at radius 3 is 2.59 bits per heavy atom. The summed E-state index contributed by atoms with van der Waals surface area (Å²) >= 11 is 0. The number of carbonyl (C=O) groups excluding carboxylic acids is 1. The van der Waals surface area contributed by atoms with Crippen molar-refractivity contribution in [2.24, 2.45) is 46.3 Å². The van der Waals surface area contributed by atoms with E-state index in [1.165, 1.54) is 69.6 Å². The van der Waals surface area contributed by atoms with Gasteiger partial charge in [-0.05, 0) is 98.2 Å². The molecule has 0 aromatic rings. The van der Waals surface area contributed by atoms with Crippen LogP contribution in [0.15, 0.2) is 23.8 Å². The van der Waals surface area contributed by atoms with Crippen LogP contribution in [0.2, 0.25) is 0 Å². The highest BCUT2D eigenvalue weighted by Crippen LogP contribution is 2.66. The van der Waals surface area contributed by atoms with Crippen molar-refractivity contribution in [1.82, 2.24) is 0 Å². The molecule has 7 unspecified atom stereocenters. The molecule has 3 fully saturated rings. The summed E-state index contributed by atoms with van der Waals surface area (Å²) in [5.74, 6) is 3.82. The van der Waals surface area contributed by atoms with Gasteiger partial charge in [-0.1, -0.05) is 64.3 Å². The second kappa shape index (κ2) is 8.01. The molecule has 0 aromatic heterocycles. The zero-order valence-electron chi connectivity index (χ0n) is 19.5. The Labute approximate surface area is 179 Å². The Balaban J connectivity index is 1.53. The number of carbonyl (C=O) groups is 1. The summed E-state index contributed by atoms with van der Waals surface area (Å²) in [5.41, 5.74) is 4.04. The van der Waals surface area contributed by atoms with Crippen molar-refractivity contribution in [3.05, 3.63) is 23.8 Å². The maximum atomic E-state index is 12.2. The van der Waals surface area contributed by atoms with Crippen LogP contribution < -0.4 is 0 Å². The summed E-state index contributed by atoms with van der Waals surface area (Å²) in [7, 11) is 0. The monoisotopic (exact) mass is 396 g/mol. The van der Waals surface area contributed by atoms with Crippen molar-refractivity contribution < 1.29 is 4.79 Å². The average molecular weight is 397 g/mol. The lowest BCUT2D eigenvalue weighted by Crippen LogP contribution is -2.48. The molecule has 0 amide bonds. The molecular weight excluding hydrogens is 352 g/mol. The number of fused-ring (bicyclic) bond motifs is 5. The summed E-state index contributed by atoms with van der Waals surface area (Å²) in [4.78, 5) is 12.2. The Bertz CT molecular complexity index is 672. The van der Waals surface area contributed by atoms with Gasteiger partial charge in [0.1, 0.15) is 6.29 Å². The number of hydrogen-bond acceptors (Lipinski definition) is 1. The van der Waals surface area contributed by atoms with Crippen molar-refractivity contribution in [3.63, 3.8) is 0 Å². The maximum Gasteiger partial charge on any atom is 0.123 e. The van der Waals surface area contributed by atoms with Gasteiger partial charge in [0.25, 0.3) is 0 Å². The Kier molecular flexibility index (Phi) is 5.91. The number of hydrogen-bond donors (Lipinski definition) is 0. The molecule has 162 valence electrons. The molecular formula is C28H44O. The van der Waals surface area contributed by atoms with E-state index in [1.54, 1.807) is 0 Å². The molecule has 4 rings (SSSR count). The van der Waals surface area contributed by atoms with Crippen LogP contribution in [0, 0.1) is 46.3 Å². The lowest BCUT2D eigenvalue weighted by Gasteiger charge is -2.57. The van der Waals surface area contributed by atoms with Crippen molar-refractivity contribution in [2.75, 3.05) is 0 Å². The van der Waals surface area contributed by atoms with Crippen LogP contribution in [0.1, 0.15) is 98.3 Å². The second-order valence-corrected chi connectivity index (χ2v) is 11.9. The molecule has 0 heterocycles. The first kappa shape index (κ1) is 21.4. The van der Waals surface area contributed by atoms with Crippen molar-refractivity contribution >= 4 is 6.29 Å². The van der Waals surface area contributed by atoms with Gasteiger partial charge in [-0.3, -0.25) is 0 Å². The van der Waals surface area contributed by atoms with Crippen LogP contribution >= 0.6 is 0 Å². The molecule has 1 nitrogen and oxygen atoms in total. The summed E-state index contributed by atoms with van der Waals surface area (Å²) in [6.45, 7) is 13.9. The van der Waals surface area contributed by atoms with Gasteiger partial charge in [0.2, 0.25) is 0 Å². The SMILES string of the molecule is C=C(CCC(C=O)C1CCC2C3=CCC4CCCCC4(C)C3CCC21C)C(C)C. The van der Waals surface area contributed by atoms with Crippen LogP contribution in [0.25, 0.3) is 0 Å². The molecule has 4 aliphatic carbocycles. The van der Waals surface area contributed by atoms with Crippen LogP contribution in [0.5, 0.6) is 0 Å². The average Bonchev–Trinajstić information content (AvgIpc) is 3.05. The molecule has 29 heavy (non-hydrogen) atoms. The molecule has 0 N–H and O–H groups in total. The van der Waals surface area contributed by atoms with E-state index in [0.717, 1.165) is 30.6 Å². The van der Waals surface area contributed by atoms with Crippen LogP contribution in [0.3, 0.4) is 0 Å². The summed E-state index contributed by atoms with van der Waals surface area (Å²) in [5, 5.41) is 0. The minimum absolute atomic E-state index is 0.222. The fourth-order valence-electron chi connectivity index (χ4n) is 8.29. The minimum Gasteiger partial charge on any atom is -0.303 e. The first-order valence-electron chi connectivity index (χ1n) is 12.6. The summed E-state index contributed by atoms with van der Waals surface area (Å²) < 4.78 is 0. The largest absolute Gasteiger partial charge is 0.303 e. The maximum absolute atomic E-state index is 12.2. The van der Waals surface area contributed by atoms with Gasteiger partial charge in [-0.25, -0.2) is 0 Å². The molecule has 0 aromatic carbocycles.